The van der Waals surface area contributed by atoms with E-state index in [0.29, 0.717) is 23.1 Å². The lowest BCUT2D eigenvalue weighted by Gasteiger charge is -2.10. The van der Waals surface area contributed by atoms with Gasteiger partial charge in [-0.3, -0.25) is 4.40 Å². The van der Waals surface area contributed by atoms with Gasteiger partial charge in [0.1, 0.15) is 0 Å². The highest BCUT2D eigenvalue weighted by atomic mass is 127. The van der Waals surface area contributed by atoms with Gasteiger partial charge in [-0.1, -0.05) is 29.3 Å². The number of hydrogen-bond acceptors (Lipinski definition) is 3. The van der Waals surface area contributed by atoms with Crippen molar-refractivity contribution in [3.63, 3.8) is 0 Å². The molecule has 0 atom stereocenters. The predicted molar refractivity (Wildman–Crippen MR) is 117 cm³/mol. The highest BCUT2D eigenvalue weighted by molar-refractivity contribution is 14.0. The summed E-state index contributed by atoms with van der Waals surface area (Å²) in [7, 11) is 0. The molecule has 0 saturated carbocycles. The maximum atomic E-state index is 6.19. The number of aromatic nitrogens is 2. The number of imidazole rings is 1. The Morgan fingerprint density at radius 3 is 2.88 bits per heavy atom. The summed E-state index contributed by atoms with van der Waals surface area (Å²) in [6.07, 6.45) is 4.01. The van der Waals surface area contributed by atoms with E-state index < -0.39 is 0 Å². The third-order valence-corrected chi connectivity index (χ3v) is 4.70. The van der Waals surface area contributed by atoms with Crippen LogP contribution in [0.1, 0.15) is 18.2 Å². The molecule has 0 unspecified atom stereocenters. The maximum Gasteiger partial charge on any atom is 0.193 e. The Hall–Kier alpha value is -1.03. The number of fused-ring (bicyclic) bond motifs is 1. The average molecular weight is 510 g/mol. The van der Waals surface area contributed by atoms with Crippen LogP contribution in [0.4, 0.5) is 0 Å². The molecule has 5 nitrogen and oxygen atoms in total. The minimum atomic E-state index is 0. The molecular weight excluding hydrogens is 492 g/mol. The highest BCUT2D eigenvalue weighted by Crippen LogP contribution is 2.21. The van der Waals surface area contributed by atoms with Crippen LogP contribution >= 0.6 is 58.5 Å². The Bertz CT molecular complexity index is 833. The van der Waals surface area contributed by atoms with Gasteiger partial charge < -0.3 is 10.6 Å². The molecule has 2 N–H and O–H groups in total. The highest BCUT2D eigenvalue weighted by Gasteiger charge is 2.05. The van der Waals surface area contributed by atoms with Gasteiger partial charge in [0.05, 0.1) is 18.8 Å². The molecule has 1 aromatic carbocycles. The van der Waals surface area contributed by atoms with E-state index in [1.54, 1.807) is 17.4 Å². The molecule has 0 aliphatic heterocycles. The monoisotopic (exact) mass is 509 g/mol. The van der Waals surface area contributed by atoms with Gasteiger partial charge in [-0.15, -0.1) is 35.3 Å². The number of nitrogens with zero attached hydrogens (tertiary/aromatic N) is 3. The molecule has 25 heavy (non-hydrogen) atoms. The van der Waals surface area contributed by atoms with E-state index in [0.717, 1.165) is 28.7 Å². The second-order valence-electron chi connectivity index (χ2n) is 5.11. The molecule has 134 valence electrons. The molecule has 0 bridgehead atoms. The third kappa shape index (κ3) is 5.47. The van der Waals surface area contributed by atoms with Crippen LogP contribution in [-0.4, -0.2) is 21.9 Å². The molecule has 2 heterocycles. The molecule has 0 saturated heterocycles. The minimum absolute atomic E-state index is 0. The van der Waals surface area contributed by atoms with Crippen molar-refractivity contribution in [1.29, 1.82) is 0 Å². The first-order valence-corrected chi connectivity index (χ1v) is 9.16. The first kappa shape index (κ1) is 20.3. The van der Waals surface area contributed by atoms with Gasteiger partial charge >= 0.3 is 0 Å². The zero-order chi connectivity index (χ0) is 16.9. The summed E-state index contributed by atoms with van der Waals surface area (Å²) in [6, 6.07) is 5.43. The number of benzene rings is 1. The van der Waals surface area contributed by atoms with Crippen LogP contribution < -0.4 is 10.6 Å². The second-order valence-corrected chi connectivity index (χ2v) is 6.83. The van der Waals surface area contributed by atoms with Gasteiger partial charge in [0, 0.05) is 34.4 Å². The Morgan fingerprint density at radius 2 is 2.16 bits per heavy atom. The molecule has 9 heteroatoms. The number of hydrogen-bond donors (Lipinski definition) is 2. The Kier molecular flexibility index (Phi) is 7.80. The van der Waals surface area contributed by atoms with Crippen LogP contribution in [0.25, 0.3) is 4.96 Å². The van der Waals surface area contributed by atoms with E-state index in [1.807, 2.05) is 41.2 Å². The molecule has 0 fully saturated rings. The van der Waals surface area contributed by atoms with Crippen molar-refractivity contribution in [3.8, 4) is 0 Å². The third-order valence-electron chi connectivity index (χ3n) is 3.35. The molecule has 0 aliphatic carbocycles. The van der Waals surface area contributed by atoms with Crippen LogP contribution in [-0.2, 0) is 13.1 Å². The molecule has 0 spiro atoms. The SMILES string of the molecule is CCNC(=NCc1ccc(Cl)cc1Cl)NCc1cn2ccsc2n1.I. The van der Waals surface area contributed by atoms with E-state index in [9.17, 15) is 0 Å². The molecule has 0 radical (unpaired) electrons. The summed E-state index contributed by atoms with van der Waals surface area (Å²) >= 11 is 13.7. The van der Waals surface area contributed by atoms with Crippen LogP contribution in [0.3, 0.4) is 0 Å². The van der Waals surface area contributed by atoms with E-state index in [2.05, 4.69) is 20.6 Å². The quantitative estimate of drug-likeness (QED) is 0.301. The predicted octanol–water partition coefficient (Wildman–Crippen LogP) is 4.58. The fourth-order valence-electron chi connectivity index (χ4n) is 2.19. The Labute approximate surface area is 177 Å². The normalized spacial score (nSPS) is 11.4. The van der Waals surface area contributed by atoms with Crippen LogP contribution in [0.5, 0.6) is 0 Å². The molecule has 0 aliphatic rings. The first-order chi connectivity index (χ1) is 11.7. The van der Waals surface area contributed by atoms with Gasteiger partial charge in [-0.2, -0.15) is 0 Å². The summed E-state index contributed by atoms with van der Waals surface area (Å²) in [5.74, 6) is 0.722. The lowest BCUT2D eigenvalue weighted by Crippen LogP contribution is -2.36. The van der Waals surface area contributed by atoms with Crippen molar-refractivity contribution in [2.45, 2.75) is 20.0 Å². The molecule has 2 aromatic heterocycles. The minimum Gasteiger partial charge on any atom is -0.357 e. The van der Waals surface area contributed by atoms with Gasteiger partial charge in [0.15, 0.2) is 10.9 Å². The fraction of sp³-hybridized carbons (Fsp3) is 0.250. The van der Waals surface area contributed by atoms with Gasteiger partial charge in [0.2, 0.25) is 0 Å². The Balaban J connectivity index is 0.00000225. The number of nitrogens with one attached hydrogen (secondary N) is 2. The van der Waals surface area contributed by atoms with Crippen molar-refractivity contribution >= 4 is 69.4 Å². The molecule has 3 aromatic rings. The summed E-state index contributed by atoms with van der Waals surface area (Å²) in [5, 5.41) is 9.77. The van der Waals surface area contributed by atoms with Gasteiger partial charge in [0.25, 0.3) is 0 Å². The van der Waals surface area contributed by atoms with E-state index in [-0.39, 0.29) is 24.0 Å². The number of rotatable bonds is 5. The smallest absolute Gasteiger partial charge is 0.193 e. The van der Waals surface area contributed by atoms with Crippen LogP contribution in [0.2, 0.25) is 10.0 Å². The first-order valence-electron chi connectivity index (χ1n) is 7.53. The van der Waals surface area contributed by atoms with Gasteiger partial charge in [-0.25, -0.2) is 9.98 Å². The zero-order valence-electron chi connectivity index (χ0n) is 13.5. The van der Waals surface area contributed by atoms with E-state index in [4.69, 9.17) is 23.2 Å². The lowest BCUT2D eigenvalue weighted by molar-refractivity contribution is 0.804. The summed E-state index contributed by atoms with van der Waals surface area (Å²) in [6.45, 7) is 3.88. The largest absolute Gasteiger partial charge is 0.357 e. The molecular formula is C16H18Cl2IN5S. The van der Waals surface area contributed by atoms with E-state index in [1.165, 1.54) is 0 Å². The Morgan fingerprint density at radius 1 is 1.32 bits per heavy atom. The summed E-state index contributed by atoms with van der Waals surface area (Å²) < 4.78 is 2.01. The summed E-state index contributed by atoms with van der Waals surface area (Å²) in [5.41, 5.74) is 1.90. The standard InChI is InChI=1S/C16H17Cl2N5S.HI/c1-2-19-15(20-8-11-3-4-12(17)7-14(11)18)21-9-13-10-23-5-6-24-16(23)22-13;/h3-7,10H,2,8-9H2,1H3,(H2,19,20,21);1H. The zero-order valence-corrected chi connectivity index (χ0v) is 18.2. The van der Waals surface area contributed by atoms with Crippen molar-refractivity contribution in [2.24, 2.45) is 4.99 Å². The van der Waals surface area contributed by atoms with Crippen molar-refractivity contribution in [3.05, 3.63) is 57.3 Å². The lowest BCUT2D eigenvalue weighted by atomic mass is 10.2. The molecule has 0 amide bonds. The van der Waals surface area contributed by atoms with Crippen molar-refractivity contribution in [2.75, 3.05) is 6.54 Å². The van der Waals surface area contributed by atoms with Crippen LogP contribution in [0, 0.1) is 0 Å². The number of halogens is 3. The number of aliphatic imine (C=N–C) groups is 1. The maximum absolute atomic E-state index is 6.19. The van der Waals surface area contributed by atoms with Crippen molar-refractivity contribution < 1.29 is 0 Å². The van der Waals surface area contributed by atoms with Gasteiger partial charge in [-0.05, 0) is 24.6 Å². The number of guanidine groups is 1. The van der Waals surface area contributed by atoms with E-state index >= 15 is 0 Å². The summed E-state index contributed by atoms with van der Waals surface area (Å²) in [4.78, 5) is 10.1. The average Bonchev–Trinajstić information content (AvgIpc) is 3.12. The molecule has 3 rings (SSSR count). The number of thiazole rings is 1. The second kappa shape index (κ2) is 9.61. The fourth-order valence-corrected chi connectivity index (χ4v) is 3.38. The van der Waals surface area contributed by atoms with Crippen molar-refractivity contribution in [1.82, 2.24) is 20.0 Å². The van der Waals surface area contributed by atoms with Crippen LogP contribution in [0.15, 0.2) is 41.0 Å². The topological polar surface area (TPSA) is 53.7 Å².